The van der Waals surface area contributed by atoms with E-state index in [2.05, 4.69) is 39.5 Å². The molecule has 0 unspecified atom stereocenters. The first-order valence-electron chi connectivity index (χ1n) is 4.68. The van der Waals surface area contributed by atoms with Crippen molar-refractivity contribution < 1.29 is 4.74 Å². The topological polar surface area (TPSA) is 9.23 Å². The second kappa shape index (κ2) is 5.33. The van der Waals surface area contributed by atoms with Gasteiger partial charge in [0.25, 0.3) is 0 Å². The smallest absolute Gasteiger partial charge is 0.122 e. The molecule has 0 spiro atoms. The molecule has 0 saturated heterocycles. The Labute approximate surface area is 102 Å². The van der Waals surface area contributed by atoms with Crippen LogP contribution in [0.1, 0.15) is 10.4 Å². The van der Waals surface area contributed by atoms with Gasteiger partial charge in [0.1, 0.15) is 12.4 Å². The average molecular weight is 283 g/mol. The highest BCUT2D eigenvalue weighted by molar-refractivity contribution is 9.08. The summed E-state index contributed by atoms with van der Waals surface area (Å²) in [5.41, 5.74) is 1.26. The lowest BCUT2D eigenvalue weighted by molar-refractivity contribution is 0.310. The largest absolute Gasteiger partial charge is 0.488 e. The molecule has 1 aromatic carbocycles. The fraction of sp³-hybridized carbons (Fsp3) is 0.167. The van der Waals surface area contributed by atoms with Crippen molar-refractivity contribution in [2.24, 2.45) is 0 Å². The Morgan fingerprint density at radius 2 is 1.93 bits per heavy atom. The minimum Gasteiger partial charge on any atom is -0.488 e. The zero-order chi connectivity index (χ0) is 10.5. The van der Waals surface area contributed by atoms with Gasteiger partial charge in [-0.15, -0.1) is 11.3 Å². The van der Waals surface area contributed by atoms with Gasteiger partial charge in [0.15, 0.2) is 0 Å². The molecule has 0 aliphatic rings. The summed E-state index contributed by atoms with van der Waals surface area (Å²) >= 11 is 5.13. The molecule has 78 valence electrons. The molecule has 0 atom stereocenters. The lowest BCUT2D eigenvalue weighted by Gasteiger charge is -2.04. The first kappa shape index (κ1) is 10.7. The van der Waals surface area contributed by atoms with E-state index in [-0.39, 0.29) is 0 Å². The molecule has 1 aromatic heterocycles. The van der Waals surface area contributed by atoms with E-state index in [4.69, 9.17) is 4.74 Å². The number of rotatable bonds is 4. The molecule has 1 heterocycles. The second-order valence-electron chi connectivity index (χ2n) is 3.15. The van der Waals surface area contributed by atoms with Gasteiger partial charge in [-0.2, -0.15) is 0 Å². The molecule has 0 aliphatic carbocycles. The third-order valence-corrected chi connectivity index (χ3v) is 3.54. The molecule has 2 rings (SSSR count). The average Bonchev–Trinajstić information content (AvgIpc) is 2.80. The van der Waals surface area contributed by atoms with E-state index in [9.17, 15) is 0 Å². The van der Waals surface area contributed by atoms with Crippen molar-refractivity contribution >= 4 is 27.3 Å². The van der Waals surface area contributed by atoms with E-state index in [1.807, 2.05) is 18.2 Å². The zero-order valence-electron chi connectivity index (χ0n) is 8.15. The van der Waals surface area contributed by atoms with Crippen LogP contribution in [-0.2, 0) is 11.9 Å². The molecular formula is C12H11BrOS. The third kappa shape index (κ3) is 3.08. The van der Waals surface area contributed by atoms with Crippen molar-refractivity contribution in [1.29, 1.82) is 0 Å². The van der Waals surface area contributed by atoms with Crippen LogP contribution in [0.15, 0.2) is 41.8 Å². The maximum Gasteiger partial charge on any atom is 0.122 e. The van der Waals surface area contributed by atoms with Crippen LogP contribution >= 0.6 is 27.3 Å². The van der Waals surface area contributed by atoms with Crippen molar-refractivity contribution in [3.05, 3.63) is 52.2 Å². The highest BCUT2D eigenvalue weighted by Gasteiger charge is 1.96. The van der Waals surface area contributed by atoms with Crippen molar-refractivity contribution in [1.82, 2.24) is 0 Å². The molecule has 15 heavy (non-hydrogen) atoms. The van der Waals surface area contributed by atoms with Crippen LogP contribution in [0.3, 0.4) is 0 Å². The van der Waals surface area contributed by atoms with Crippen LogP contribution in [-0.4, -0.2) is 0 Å². The molecule has 0 bridgehead atoms. The number of hydrogen-bond acceptors (Lipinski definition) is 2. The molecule has 3 heteroatoms. The summed E-state index contributed by atoms with van der Waals surface area (Å²) in [5, 5.41) is 2.95. The molecular weight excluding hydrogens is 272 g/mol. The highest BCUT2D eigenvalue weighted by Crippen LogP contribution is 2.17. The van der Waals surface area contributed by atoms with E-state index in [1.54, 1.807) is 11.3 Å². The molecule has 0 amide bonds. The van der Waals surface area contributed by atoms with Crippen LogP contribution in [0, 0.1) is 0 Å². The Morgan fingerprint density at radius 1 is 1.13 bits per heavy atom. The predicted molar refractivity (Wildman–Crippen MR) is 67.7 cm³/mol. The monoisotopic (exact) mass is 282 g/mol. The summed E-state index contributed by atoms with van der Waals surface area (Å²) in [7, 11) is 0. The predicted octanol–water partition coefficient (Wildman–Crippen LogP) is 4.22. The number of thiophene rings is 1. The Balaban J connectivity index is 1.93. The lowest BCUT2D eigenvalue weighted by Crippen LogP contribution is -1.92. The number of ether oxygens (including phenoxy) is 1. The Bertz CT molecular complexity index is 394. The van der Waals surface area contributed by atoms with E-state index in [0.29, 0.717) is 6.61 Å². The van der Waals surface area contributed by atoms with Crippen molar-refractivity contribution in [2.45, 2.75) is 11.9 Å². The fourth-order valence-electron chi connectivity index (χ4n) is 1.22. The molecule has 2 aromatic rings. The highest BCUT2D eigenvalue weighted by atomic mass is 79.9. The second-order valence-corrected chi connectivity index (χ2v) is 4.74. The number of halogens is 1. The standard InChI is InChI=1S/C12H11BrOS/c13-8-10-3-5-11(6-4-10)14-9-12-2-1-7-15-12/h1-7H,8-9H2. The third-order valence-electron chi connectivity index (χ3n) is 2.04. The molecule has 1 nitrogen and oxygen atoms in total. The van der Waals surface area contributed by atoms with Crippen LogP contribution in [0.2, 0.25) is 0 Å². The fourth-order valence-corrected chi connectivity index (χ4v) is 2.21. The number of alkyl halides is 1. The van der Waals surface area contributed by atoms with Crippen molar-refractivity contribution in [2.75, 3.05) is 0 Å². The quantitative estimate of drug-likeness (QED) is 0.763. The number of hydrogen-bond donors (Lipinski definition) is 0. The van der Waals surface area contributed by atoms with Gasteiger partial charge in [-0.25, -0.2) is 0 Å². The van der Waals surface area contributed by atoms with Gasteiger partial charge in [-0.05, 0) is 29.1 Å². The summed E-state index contributed by atoms with van der Waals surface area (Å²) in [6.07, 6.45) is 0. The summed E-state index contributed by atoms with van der Waals surface area (Å²) in [6, 6.07) is 12.3. The van der Waals surface area contributed by atoms with Gasteiger partial charge in [0.2, 0.25) is 0 Å². The summed E-state index contributed by atoms with van der Waals surface area (Å²) in [5.74, 6) is 0.924. The number of benzene rings is 1. The molecule has 0 fully saturated rings. The Kier molecular flexibility index (Phi) is 3.80. The Hall–Kier alpha value is -0.800. The van der Waals surface area contributed by atoms with Crippen molar-refractivity contribution in [3.8, 4) is 5.75 Å². The maximum atomic E-state index is 5.64. The zero-order valence-corrected chi connectivity index (χ0v) is 10.6. The maximum absolute atomic E-state index is 5.64. The molecule has 0 aliphatic heterocycles. The minimum absolute atomic E-state index is 0.658. The van der Waals surface area contributed by atoms with E-state index in [1.165, 1.54) is 10.4 Å². The van der Waals surface area contributed by atoms with Crippen LogP contribution in [0.5, 0.6) is 5.75 Å². The molecule has 0 radical (unpaired) electrons. The van der Waals surface area contributed by atoms with Gasteiger partial charge in [0.05, 0.1) is 0 Å². The summed E-state index contributed by atoms with van der Waals surface area (Å²) in [6.45, 7) is 0.658. The Morgan fingerprint density at radius 3 is 2.53 bits per heavy atom. The van der Waals surface area contributed by atoms with Crippen LogP contribution in [0.4, 0.5) is 0 Å². The van der Waals surface area contributed by atoms with E-state index < -0.39 is 0 Å². The first-order valence-corrected chi connectivity index (χ1v) is 6.68. The lowest BCUT2D eigenvalue weighted by atomic mass is 10.2. The first-order chi connectivity index (χ1) is 7.38. The van der Waals surface area contributed by atoms with Crippen LogP contribution in [0.25, 0.3) is 0 Å². The van der Waals surface area contributed by atoms with Gasteiger partial charge in [0, 0.05) is 10.2 Å². The van der Waals surface area contributed by atoms with Gasteiger partial charge in [-0.1, -0.05) is 34.1 Å². The van der Waals surface area contributed by atoms with E-state index in [0.717, 1.165) is 11.1 Å². The molecule has 0 N–H and O–H groups in total. The molecule has 0 saturated carbocycles. The summed E-state index contributed by atoms with van der Waals surface area (Å²) in [4.78, 5) is 1.25. The van der Waals surface area contributed by atoms with Crippen molar-refractivity contribution in [3.63, 3.8) is 0 Å². The van der Waals surface area contributed by atoms with Gasteiger partial charge < -0.3 is 4.74 Å². The SMILES string of the molecule is BrCc1ccc(OCc2cccs2)cc1. The summed E-state index contributed by atoms with van der Waals surface area (Å²) < 4.78 is 5.64. The van der Waals surface area contributed by atoms with Gasteiger partial charge in [-0.3, -0.25) is 0 Å². The normalized spacial score (nSPS) is 10.2. The van der Waals surface area contributed by atoms with Gasteiger partial charge >= 0.3 is 0 Å². The van der Waals surface area contributed by atoms with Crippen LogP contribution < -0.4 is 4.74 Å². The van der Waals surface area contributed by atoms with E-state index >= 15 is 0 Å². The minimum atomic E-state index is 0.658.